The molecule has 6 N–H and O–H groups in total. The lowest BCUT2D eigenvalue weighted by molar-refractivity contribution is -0.126. The van der Waals surface area contributed by atoms with Crippen LogP contribution in [0.1, 0.15) is 56.9 Å². The molecule has 0 aromatic heterocycles. The first-order valence-electron chi connectivity index (χ1n) is 12.3. The van der Waals surface area contributed by atoms with Crippen molar-refractivity contribution in [2.24, 2.45) is 11.5 Å². The highest BCUT2D eigenvalue weighted by atomic mass is 35.5. The van der Waals surface area contributed by atoms with Crippen molar-refractivity contribution in [1.29, 1.82) is 0 Å². The predicted octanol–water partition coefficient (Wildman–Crippen LogP) is 3.24. The number of hydrogen-bond donors (Lipinski definition) is 4. The number of unbranched alkanes of at least 4 members (excludes halogenated alkanes) is 1. The van der Waals surface area contributed by atoms with Crippen molar-refractivity contribution in [2.75, 3.05) is 26.2 Å². The highest BCUT2D eigenvalue weighted by molar-refractivity contribution is 6.30. The van der Waals surface area contributed by atoms with Gasteiger partial charge in [0.25, 0.3) is 5.91 Å². The first-order valence-corrected chi connectivity index (χ1v) is 12.7. The van der Waals surface area contributed by atoms with E-state index in [1.54, 1.807) is 12.1 Å². The van der Waals surface area contributed by atoms with E-state index in [9.17, 15) is 9.59 Å². The van der Waals surface area contributed by atoms with Crippen molar-refractivity contribution in [1.82, 2.24) is 20.7 Å². The van der Waals surface area contributed by atoms with Gasteiger partial charge in [0.05, 0.1) is 6.04 Å². The van der Waals surface area contributed by atoms with Gasteiger partial charge >= 0.3 is 6.03 Å². The number of carbonyl (C=O) groups excluding carboxylic acids is 2. The summed E-state index contributed by atoms with van der Waals surface area (Å²) in [4.78, 5) is 27.8. The minimum atomic E-state index is -0.648. The third-order valence-corrected chi connectivity index (χ3v) is 6.89. The van der Waals surface area contributed by atoms with Crippen LogP contribution in [0.5, 0.6) is 0 Å². The number of urea groups is 1. The zero-order valence-electron chi connectivity index (χ0n) is 20.3. The van der Waals surface area contributed by atoms with Crippen LogP contribution in [0.3, 0.4) is 0 Å². The standard InChI is InChI=1S/C24H39ClN6O2.2ClH/c25-19-10-8-18(9-11-19)16-22(27)23(32)29-30-15-12-21(17-30)31(20-6-2-1-3-7-20)24(33)28-14-5-4-13-26;;/h8-11,20-22H,1-7,12-17,26-27H2,(H,28,33)(H,29,32);2*1H/t21-,22+;;/m0../s1. The molecule has 0 spiro atoms. The number of hydrogen-bond acceptors (Lipinski definition) is 5. The molecule has 2 atom stereocenters. The Morgan fingerprint density at radius 2 is 1.74 bits per heavy atom. The summed E-state index contributed by atoms with van der Waals surface area (Å²) >= 11 is 5.93. The van der Waals surface area contributed by atoms with Gasteiger partial charge in [0, 0.05) is 36.7 Å². The van der Waals surface area contributed by atoms with Crippen LogP contribution in [0.25, 0.3) is 0 Å². The maximum absolute atomic E-state index is 13.1. The smallest absolute Gasteiger partial charge is 0.317 e. The molecule has 3 amide bonds. The van der Waals surface area contributed by atoms with E-state index in [-0.39, 0.29) is 48.8 Å². The first-order chi connectivity index (χ1) is 16.0. The van der Waals surface area contributed by atoms with Crippen LogP contribution in [-0.4, -0.2) is 66.2 Å². The molecule has 11 heteroatoms. The number of nitrogens with two attached hydrogens (primary N) is 2. The molecule has 0 bridgehead atoms. The molecule has 8 nitrogen and oxygen atoms in total. The molecule has 0 radical (unpaired) electrons. The van der Waals surface area contributed by atoms with E-state index < -0.39 is 6.04 Å². The molecule has 1 saturated heterocycles. The topological polar surface area (TPSA) is 117 Å². The number of rotatable bonds is 10. The number of benzene rings is 1. The van der Waals surface area contributed by atoms with Crippen LogP contribution in [0.2, 0.25) is 5.02 Å². The van der Waals surface area contributed by atoms with Gasteiger partial charge in [-0.3, -0.25) is 10.2 Å². The van der Waals surface area contributed by atoms with Crippen LogP contribution < -0.4 is 22.2 Å². The maximum atomic E-state index is 13.1. The van der Waals surface area contributed by atoms with E-state index in [1.807, 2.05) is 17.1 Å². The Hall–Kier alpha value is -1.29. The number of carbonyl (C=O) groups is 2. The second-order valence-corrected chi connectivity index (χ2v) is 9.66. The van der Waals surface area contributed by atoms with Gasteiger partial charge in [-0.2, -0.15) is 0 Å². The Bertz CT molecular complexity index is 764. The molecular formula is C24H41Cl3N6O2. The molecule has 1 saturated carbocycles. The number of amides is 3. The van der Waals surface area contributed by atoms with E-state index in [1.165, 1.54) is 6.42 Å². The van der Waals surface area contributed by atoms with Crippen LogP contribution in [-0.2, 0) is 11.2 Å². The number of nitrogens with zero attached hydrogens (tertiary/aromatic N) is 2. The molecule has 2 aliphatic rings. The zero-order valence-corrected chi connectivity index (χ0v) is 22.7. The average Bonchev–Trinajstić information content (AvgIpc) is 3.26. The Balaban J connectivity index is 0.00000306. The minimum Gasteiger partial charge on any atom is -0.338 e. The number of nitrogens with one attached hydrogen (secondary N) is 2. The molecule has 3 rings (SSSR count). The summed E-state index contributed by atoms with van der Waals surface area (Å²) in [5.41, 5.74) is 15.7. The molecule has 1 aromatic rings. The van der Waals surface area contributed by atoms with E-state index in [0.717, 1.165) is 50.5 Å². The van der Waals surface area contributed by atoms with Gasteiger partial charge in [0.15, 0.2) is 0 Å². The highest BCUT2D eigenvalue weighted by Crippen LogP contribution is 2.27. The van der Waals surface area contributed by atoms with Crippen LogP contribution in [0.15, 0.2) is 24.3 Å². The summed E-state index contributed by atoms with van der Waals surface area (Å²) < 4.78 is 0. The van der Waals surface area contributed by atoms with Crippen LogP contribution in [0, 0.1) is 0 Å². The van der Waals surface area contributed by atoms with Gasteiger partial charge in [-0.25, -0.2) is 9.80 Å². The van der Waals surface area contributed by atoms with Crippen molar-refractivity contribution in [3.05, 3.63) is 34.9 Å². The van der Waals surface area contributed by atoms with Crippen LogP contribution in [0.4, 0.5) is 4.79 Å². The second kappa shape index (κ2) is 16.5. The zero-order chi connectivity index (χ0) is 23.6. The average molecular weight is 552 g/mol. The second-order valence-electron chi connectivity index (χ2n) is 9.23. The van der Waals surface area contributed by atoms with Crippen LogP contribution >= 0.6 is 36.4 Å². The molecule has 1 heterocycles. The summed E-state index contributed by atoms with van der Waals surface area (Å²) in [6, 6.07) is 7.07. The van der Waals surface area contributed by atoms with Gasteiger partial charge in [-0.15, -0.1) is 24.8 Å². The highest BCUT2D eigenvalue weighted by Gasteiger charge is 2.36. The monoisotopic (exact) mass is 550 g/mol. The molecule has 1 aliphatic carbocycles. The lowest BCUT2D eigenvalue weighted by atomic mass is 9.93. The lowest BCUT2D eigenvalue weighted by Crippen LogP contribution is -2.54. The fraction of sp³-hybridized carbons (Fsp3) is 0.667. The van der Waals surface area contributed by atoms with E-state index in [0.29, 0.717) is 37.6 Å². The third-order valence-electron chi connectivity index (χ3n) is 6.64. The molecule has 200 valence electrons. The Kier molecular flexibility index (Phi) is 14.9. The fourth-order valence-electron chi connectivity index (χ4n) is 4.82. The van der Waals surface area contributed by atoms with Gasteiger partial charge in [-0.05, 0) is 62.8 Å². The first kappa shape index (κ1) is 31.7. The van der Waals surface area contributed by atoms with Crippen molar-refractivity contribution >= 4 is 48.4 Å². The summed E-state index contributed by atoms with van der Waals surface area (Å²) in [5.74, 6) is -0.207. The molecule has 1 aliphatic heterocycles. The molecule has 2 fully saturated rings. The molecular weight excluding hydrogens is 511 g/mol. The number of hydrazine groups is 1. The van der Waals surface area contributed by atoms with Gasteiger partial charge in [0.2, 0.25) is 0 Å². The minimum absolute atomic E-state index is 0. The van der Waals surface area contributed by atoms with E-state index in [2.05, 4.69) is 15.6 Å². The van der Waals surface area contributed by atoms with Gasteiger partial charge < -0.3 is 21.7 Å². The van der Waals surface area contributed by atoms with E-state index in [4.69, 9.17) is 23.1 Å². The maximum Gasteiger partial charge on any atom is 0.317 e. The largest absolute Gasteiger partial charge is 0.338 e. The van der Waals surface area contributed by atoms with Gasteiger partial charge in [-0.1, -0.05) is 43.0 Å². The fourth-order valence-corrected chi connectivity index (χ4v) is 4.95. The Morgan fingerprint density at radius 1 is 1.06 bits per heavy atom. The van der Waals surface area contributed by atoms with Gasteiger partial charge in [0.1, 0.15) is 0 Å². The Morgan fingerprint density at radius 3 is 2.40 bits per heavy atom. The lowest BCUT2D eigenvalue weighted by Gasteiger charge is -2.38. The molecule has 1 aromatic carbocycles. The quantitative estimate of drug-likeness (QED) is 0.333. The SMILES string of the molecule is Cl.Cl.NCCCCNC(=O)N(C1CCCCC1)[C@H]1CCN(NC(=O)[C@H](N)Cc2ccc(Cl)cc2)C1. The van der Waals surface area contributed by atoms with Crippen molar-refractivity contribution in [3.63, 3.8) is 0 Å². The van der Waals surface area contributed by atoms with Crippen molar-refractivity contribution in [3.8, 4) is 0 Å². The van der Waals surface area contributed by atoms with E-state index >= 15 is 0 Å². The normalized spacial score (nSPS) is 19.2. The molecule has 35 heavy (non-hydrogen) atoms. The summed E-state index contributed by atoms with van der Waals surface area (Å²) in [7, 11) is 0. The summed E-state index contributed by atoms with van der Waals surface area (Å²) in [6.45, 7) is 2.60. The number of halogens is 3. The summed E-state index contributed by atoms with van der Waals surface area (Å²) in [5, 5.41) is 5.66. The molecule has 0 unspecified atom stereocenters. The summed E-state index contributed by atoms with van der Waals surface area (Å²) in [6.07, 6.45) is 8.72. The van der Waals surface area contributed by atoms with Crippen molar-refractivity contribution < 1.29 is 9.59 Å². The Labute approximate surface area is 226 Å². The third kappa shape index (κ3) is 9.94. The van der Waals surface area contributed by atoms with Crippen molar-refractivity contribution in [2.45, 2.75) is 75.9 Å². The predicted molar refractivity (Wildman–Crippen MR) is 146 cm³/mol.